The molecule has 0 amide bonds. The predicted molar refractivity (Wildman–Crippen MR) is 71.6 cm³/mol. The first-order valence-corrected chi connectivity index (χ1v) is 7.05. The number of rotatable bonds is 3. The first-order valence-electron chi connectivity index (χ1n) is 6.75. The van der Waals surface area contributed by atoms with Crippen molar-refractivity contribution in [3.63, 3.8) is 0 Å². The summed E-state index contributed by atoms with van der Waals surface area (Å²) in [7, 11) is 0. The number of hydrogen-bond acceptors (Lipinski definition) is 5. The average molecular weight is 265 g/mol. The number of allylic oxidation sites excluding steroid dienone is 1. The summed E-state index contributed by atoms with van der Waals surface area (Å²) < 4.78 is 7.81. The molecule has 2 aliphatic heterocycles. The van der Waals surface area contributed by atoms with Gasteiger partial charge in [0.1, 0.15) is 0 Å². The Kier molecular flexibility index (Phi) is 2.64. The number of hydrogen-bond donors (Lipinski definition) is 0. The lowest BCUT2D eigenvalue weighted by Gasteiger charge is -2.23. The smallest absolute Gasteiger partial charge is 0.319 e. The van der Waals surface area contributed by atoms with Crippen LogP contribution in [0.3, 0.4) is 0 Å². The van der Waals surface area contributed by atoms with E-state index < -0.39 is 0 Å². The molecule has 1 aliphatic carbocycles. The van der Waals surface area contributed by atoms with Crippen LogP contribution >= 0.6 is 11.8 Å². The quantitative estimate of drug-likeness (QED) is 0.787. The Bertz CT molecular complexity index is 509. The van der Waals surface area contributed by atoms with Crippen LogP contribution in [0.2, 0.25) is 0 Å². The highest BCUT2D eigenvalue weighted by Crippen LogP contribution is 2.37. The Labute approximate surface area is 112 Å². The van der Waals surface area contributed by atoms with Gasteiger partial charge in [0.25, 0.3) is 0 Å². The molecule has 96 valence electrons. The molecular weight excluding hydrogens is 248 g/mol. The Hall–Kier alpha value is -1.23. The fraction of sp³-hybridized carbons (Fsp3) is 0.538. The van der Waals surface area contributed by atoms with Crippen molar-refractivity contribution in [3.8, 4) is 0 Å². The van der Waals surface area contributed by atoms with Crippen molar-refractivity contribution in [1.82, 2.24) is 5.17 Å². The van der Waals surface area contributed by atoms with E-state index in [4.69, 9.17) is 6.21 Å². The summed E-state index contributed by atoms with van der Waals surface area (Å²) in [5.41, 5.74) is 1.59. The van der Waals surface area contributed by atoms with Gasteiger partial charge in [-0.3, -0.25) is 0 Å². The predicted octanol–water partition coefficient (Wildman–Crippen LogP) is 2.70. The van der Waals surface area contributed by atoms with Crippen molar-refractivity contribution < 1.29 is 11.0 Å². The maximum Gasteiger partial charge on any atom is 0.337 e. The molecule has 2 heterocycles. The van der Waals surface area contributed by atoms with Crippen molar-refractivity contribution in [2.24, 2.45) is 16.9 Å². The largest absolute Gasteiger partial charge is 0.337 e. The van der Waals surface area contributed by atoms with Crippen LogP contribution in [-0.4, -0.2) is 22.6 Å². The van der Waals surface area contributed by atoms with Gasteiger partial charge in [-0.25, -0.2) is 4.79 Å². The first-order chi connectivity index (χ1) is 9.04. The van der Waals surface area contributed by atoms with Crippen LogP contribution in [0.25, 0.3) is 0 Å². The Morgan fingerprint density at radius 3 is 3.11 bits per heavy atom. The number of carbonyl (C=O) groups excluding carboxylic acids is 1. The van der Waals surface area contributed by atoms with Crippen LogP contribution in [0.1, 0.15) is 28.1 Å². The number of carbonyl (C=O) groups is 1. The third kappa shape index (κ3) is 2.19. The van der Waals surface area contributed by atoms with Gasteiger partial charge in [0.2, 0.25) is 0 Å². The van der Waals surface area contributed by atoms with E-state index >= 15 is 0 Å². The lowest BCUT2D eigenvalue weighted by atomic mass is 9.99. The molecule has 0 spiro atoms. The number of nitrogens with zero attached hydrogens (tertiary/aromatic N) is 2. The van der Waals surface area contributed by atoms with Crippen LogP contribution in [0.15, 0.2) is 27.9 Å². The highest BCUT2D eigenvalue weighted by molar-refractivity contribution is 8.03. The molecule has 0 aromatic rings. The molecule has 1 unspecified atom stereocenters. The van der Waals surface area contributed by atoms with E-state index in [2.05, 4.69) is 5.10 Å². The molecule has 1 fully saturated rings. The minimum atomic E-state index is -0.302. The molecule has 0 N–H and O–H groups in total. The summed E-state index contributed by atoms with van der Waals surface area (Å²) in [5.74, 6) is 0.0673. The second-order valence-corrected chi connectivity index (χ2v) is 5.90. The Balaban J connectivity index is 1.82. The highest BCUT2D eigenvalue weighted by Gasteiger charge is 2.34. The summed E-state index contributed by atoms with van der Waals surface area (Å²) in [6.45, 7) is 4.09. The molecule has 0 radical (unpaired) electrons. The van der Waals surface area contributed by atoms with Crippen molar-refractivity contribution in [2.75, 3.05) is 5.73 Å². The summed E-state index contributed by atoms with van der Waals surface area (Å²) in [5, 5.41) is 5.65. The minimum Gasteiger partial charge on any atom is -0.319 e. The number of hydrazone groups is 1. The summed E-state index contributed by atoms with van der Waals surface area (Å²) in [4.78, 5) is 17.9. The minimum absolute atomic E-state index is 0.0493. The van der Waals surface area contributed by atoms with Crippen molar-refractivity contribution >= 4 is 23.4 Å². The van der Waals surface area contributed by atoms with Crippen molar-refractivity contribution in [3.05, 3.63) is 22.8 Å². The molecule has 5 heteroatoms. The van der Waals surface area contributed by atoms with E-state index in [1.165, 1.54) is 16.9 Å². The van der Waals surface area contributed by atoms with Crippen molar-refractivity contribution in [1.29, 1.82) is 0 Å². The van der Waals surface area contributed by atoms with Crippen LogP contribution in [0.4, 0.5) is 0 Å². The van der Waals surface area contributed by atoms with Gasteiger partial charge >= 0.3 is 5.97 Å². The van der Waals surface area contributed by atoms with E-state index in [9.17, 15) is 4.79 Å². The first kappa shape index (κ1) is 10.7. The van der Waals surface area contributed by atoms with Gasteiger partial charge < -0.3 is 4.84 Å². The zero-order valence-corrected chi connectivity index (χ0v) is 11.2. The second-order valence-electron chi connectivity index (χ2n) is 4.95. The lowest BCUT2D eigenvalue weighted by Crippen LogP contribution is -2.26. The molecule has 0 aromatic carbocycles. The van der Waals surface area contributed by atoms with Crippen LogP contribution in [0, 0.1) is 11.8 Å². The van der Waals surface area contributed by atoms with Gasteiger partial charge in [-0.2, -0.15) is 0 Å². The fourth-order valence-electron chi connectivity index (χ4n) is 1.88. The maximum atomic E-state index is 11.7. The molecular formula is C13H16N2O2S. The normalized spacial score (nSPS) is 27.3. The van der Waals surface area contributed by atoms with Gasteiger partial charge in [0, 0.05) is 17.6 Å². The molecule has 0 saturated heterocycles. The van der Waals surface area contributed by atoms with Crippen molar-refractivity contribution in [2.45, 2.75) is 26.7 Å². The molecule has 0 bridgehead atoms. The molecule has 3 rings (SSSR count). The Morgan fingerprint density at radius 1 is 1.67 bits per heavy atom. The lowest BCUT2D eigenvalue weighted by molar-refractivity contribution is -0.180. The topological polar surface area (TPSA) is 41.9 Å². The molecule has 1 atom stereocenters. The zero-order chi connectivity index (χ0) is 13.6. The Morgan fingerprint density at radius 2 is 2.44 bits per heavy atom. The molecule has 4 nitrogen and oxygen atoms in total. The van der Waals surface area contributed by atoms with Gasteiger partial charge in [0.15, 0.2) is 0 Å². The molecule has 0 aromatic heterocycles. The summed E-state index contributed by atoms with van der Waals surface area (Å²) >= 11 is 1.45. The third-order valence-corrected chi connectivity index (χ3v) is 3.90. The standard InChI is InChI=1S/C13H16N2O2S/c1-8(2)12-10-5-6-18-11(10)7-15(14-12)17-13(16)9-3-4-9/h5,7-9H,3-4,6H2,1-2H3/i6D. The van der Waals surface area contributed by atoms with Crippen LogP contribution in [-0.2, 0) is 9.63 Å². The number of fused-ring (bicyclic) bond motifs is 1. The van der Waals surface area contributed by atoms with E-state index in [-0.39, 0.29) is 23.5 Å². The third-order valence-electron chi connectivity index (χ3n) is 3.05. The molecule has 1 saturated carbocycles. The summed E-state index contributed by atoms with van der Waals surface area (Å²) in [6.07, 6.45) is 5.43. The van der Waals surface area contributed by atoms with Crippen LogP contribution < -0.4 is 0 Å². The van der Waals surface area contributed by atoms with E-state index in [0.29, 0.717) is 0 Å². The molecule has 18 heavy (non-hydrogen) atoms. The molecule has 3 aliphatic rings. The number of hydroxylamine groups is 1. The maximum absolute atomic E-state index is 11.7. The van der Waals surface area contributed by atoms with E-state index in [1.54, 1.807) is 6.20 Å². The van der Waals surface area contributed by atoms with Gasteiger partial charge in [-0.1, -0.05) is 25.1 Å². The van der Waals surface area contributed by atoms with Gasteiger partial charge in [0.05, 0.1) is 17.8 Å². The van der Waals surface area contributed by atoms with E-state index in [0.717, 1.165) is 29.0 Å². The summed E-state index contributed by atoms with van der Waals surface area (Å²) in [6, 6.07) is 0. The zero-order valence-electron chi connectivity index (χ0n) is 11.4. The second kappa shape index (κ2) is 4.46. The number of thioether (sulfide) groups is 1. The van der Waals surface area contributed by atoms with E-state index in [1.807, 2.05) is 19.9 Å². The van der Waals surface area contributed by atoms with Gasteiger partial charge in [-0.15, -0.1) is 16.9 Å². The van der Waals surface area contributed by atoms with Crippen LogP contribution in [0.5, 0.6) is 0 Å². The van der Waals surface area contributed by atoms with Gasteiger partial charge in [-0.05, 0) is 18.8 Å². The SMILES string of the molecule is [2H]C1C=C2C(=CN(OC(=O)C3CC3)N=C2C(C)C)S1. The monoisotopic (exact) mass is 265 g/mol. The fourth-order valence-corrected chi connectivity index (χ4v) is 2.68. The highest BCUT2D eigenvalue weighted by atomic mass is 32.2. The average Bonchev–Trinajstić information content (AvgIpc) is 3.10.